The van der Waals surface area contributed by atoms with Crippen molar-refractivity contribution in [3.63, 3.8) is 0 Å². The van der Waals surface area contributed by atoms with Gasteiger partial charge in [-0.2, -0.15) is 0 Å². The minimum Gasteiger partial charge on any atom is -0.497 e. The van der Waals surface area contributed by atoms with Crippen molar-refractivity contribution in [1.82, 2.24) is 9.88 Å². The first-order valence-electron chi connectivity index (χ1n) is 10.5. The van der Waals surface area contributed by atoms with Crippen LogP contribution in [0.5, 0.6) is 5.75 Å². The quantitative estimate of drug-likeness (QED) is 0.529. The highest BCUT2D eigenvalue weighted by Crippen LogP contribution is 2.29. The smallest absolute Gasteiger partial charge is 0.260 e. The molecule has 1 aromatic heterocycles. The zero-order chi connectivity index (χ0) is 21.5. The Hall–Kier alpha value is -2.74. The minimum atomic E-state index is -0.0430. The summed E-state index contributed by atoms with van der Waals surface area (Å²) in [6.45, 7) is 5.00. The lowest BCUT2D eigenvalue weighted by molar-refractivity contribution is 0.0376. The maximum atomic E-state index is 13.4. The van der Waals surface area contributed by atoms with Gasteiger partial charge in [-0.1, -0.05) is 30.3 Å². The molecule has 1 saturated heterocycles. The normalized spacial score (nSPS) is 14.4. The molecule has 1 aliphatic rings. The number of hydrogen-bond acceptors (Lipinski definition) is 6. The van der Waals surface area contributed by atoms with Crippen molar-refractivity contribution in [3.05, 3.63) is 65.5 Å². The number of thiazole rings is 1. The van der Waals surface area contributed by atoms with E-state index in [9.17, 15) is 4.79 Å². The van der Waals surface area contributed by atoms with Crippen LogP contribution in [0.4, 0.5) is 5.13 Å². The molecular weight excluding hydrogens is 410 g/mol. The molecule has 31 heavy (non-hydrogen) atoms. The van der Waals surface area contributed by atoms with Gasteiger partial charge < -0.3 is 9.47 Å². The number of amides is 1. The second-order valence-electron chi connectivity index (χ2n) is 7.37. The molecule has 0 atom stereocenters. The van der Waals surface area contributed by atoms with Crippen molar-refractivity contribution in [1.29, 1.82) is 0 Å². The predicted molar refractivity (Wildman–Crippen MR) is 124 cm³/mol. The van der Waals surface area contributed by atoms with Crippen LogP contribution in [-0.4, -0.2) is 62.3 Å². The van der Waals surface area contributed by atoms with Gasteiger partial charge in [-0.3, -0.25) is 14.6 Å². The van der Waals surface area contributed by atoms with Crippen LogP contribution < -0.4 is 9.64 Å². The van der Waals surface area contributed by atoms with Crippen LogP contribution >= 0.6 is 11.3 Å². The molecule has 2 heterocycles. The molecule has 2 aromatic carbocycles. The summed E-state index contributed by atoms with van der Waals surface area (Å²) in [5, 5.41) is 2.74. The maximum Gasteiger partial charge on any atom is 0.260 e. The molecule has 0 unspecified atom stereocenters. The Balaban J connectivity index is 1.52. The molecule has 162 valence electrons. The number of nitrogens with zero attached hydrogens (tertiary/aromatic N) is 3. The summed E-state index contributed by atoms with van der Waals surface area (Å²) in [6.07, 6.45) is 0.877. The Morgan fingerprint density at radius 2 is 1.87 bits per heavy atom. The highest BCUT2D eigenvalue weighted by atomic mass is 32.1. The SMILES string of the molecule is COc1ccc(C(=O)N(CCCN2CCOCC2)c2nc(-c3ccccc3)cs2)cc1. The van der Waals surface area contributed by atoms with Crippen LogP contribution in [0, 0.1) is 0 Å². The largest absolute Gasteiger partial charge is 0.497 e. The van der Waals surface area contributed by atoms with Crippen LogP contribution in [-0.2, 0) is 4.74 Å². The van der Waals surface area contributed by atoms with Crippen molar-refractivity contribution in [3.8, 4) is 17.0 Å². The average Bonchev–Trinajstić information content (AvgIpc) is 3.33. The topological polar surface area (TPSA) is 54.9 Å². The number of carbonyl (C=O) groups is 1. The average molecular weight is 438 g/mol. The number of aromatic nitrogens is 1. The number of morpholine rings is 1. The van der Waals surface area contributed by atoms with Crippen molar-refractivity contribution in [2.75, 3.05) is 51.4 Å². The van der Waals surface area contributed by atoms with Crippen LogP contribution in [0.15, 0.2) is 60.0 Å². The number of benzene rings is 2. The molecular formula is C24H27N3O3S. The summed E-state index contributed by atoms with van der Waals surface area (Å²) in [5.74, 6) is 0.689. The fraction of sp³-hybridized carbons (Fsp3) is 0.333. The highest BCUT2D eigenvalue weighted by Gasteiger charge is 2.22. The van der Waals surface area contributed by atoms with Gasteiger partial charge in [0, 0.05) is 42.7 Å². The summed E-state index contributed by atoms with van der Waals surface area (Å²) in [6, 6.07) is 17.3. The molecule has 0 saturated carbocycles. The van der Waals surface area contributed by atoms with Gasteiger partial charge in [0.15, 0.2) is 5.13 Å². The lowest BCUT2D eigenvalue weighted by Crippen LogP contribution is -2.39. The zero-order valence-electron chi connectivity index (χ0n) is 17.7. The highest BCUT2D eigenvalue weighted by molar-refractivity contribution is 7.14. The lowest BCUT2D eigenvalue weighted by Gasteiger charge is -2.27. The first kappa shape index (κ1) is 21.5. The van der Waals surface area contributed by atoms with E-state index >= 15 is 0 Å². The lowest BCUT2D eigenvalue weighted by atomic mass is 10.2. The van der Waals surface area contributed by atoms with Gasteiger partial charge in [-0.25, -0.2) is 4.98 Å². The van der Waals surface area contributed by atoms with E-state index in [1.165, 1.54) is 11.3 Å². The van der Waals surface area contributed by atoms with E-state index < -0.39 is 0 Å². The third kappa shape index (κ3) is 5.50. The van der Waals surface area contributed by atoms with Gasteiger partial charge in [0.1, 0.15) is 5.75 Å². The molecule has 0 bridgehead atoms. The molecule has 0 radical (unpaired) electrons. The number of anilines is 1. The van der Waals surface area contributed by atoms with E-state index in [0.717, 1.165) is 61.4 Å². The fourth-order valence-electron chi connectivity index (χ4n) is 3.58. The Bertz CT molecular complexity index is 969. The molecule has 1 fully saturated rings. The van der Waals surface area contributed by atoms with Crippen LogP contribution in [0.2, 0.25) is 0 Å². The van der Waals surface area contributed by atoms with Gasteiger partial charge in [-0.15, -0.1) is 11.3 Å². The summed E-state index contributed by atoms with van der Waals surface area (Å²) < 4.78 is 10.7. The van der Waals surface area contributed by atoms with Gasteiger partial charge in [-0.05, 0) is 30.7 Å². The molecule has 0 spiro atoms. The summed E-state index contributed by atoms with van der Waals surface area (Å²) in [5.41, 5.74) is 2.57. The molecule has 3 aromatic rings. The van der Waals surface area contributed by atoms with E-state index in [0.29, 0.717) is 12.1 Å². The number of rotatable bonds is 8. The predicted octanol–water partition coefficient (Wildman–Crippen LogP) is 4.19. The van der Waals surface area contributed by atoms with Crippen LogP contribution in [0.1, 0.15) is 16.8 Å². The second-order valence-corrected chi connectivity index (χ2v) is 8.21. The van der Waals surface area contributed by atoms with Gasteiger partial charge in [0.05, 0.1) is 26.0 Å². The molecule has 0 aliphatic carbocycles. The number of hydrogen-bond donors (Lipinski definition) is 0. The number of ether oxygens (including phenoxy) is 2. The molecule has 7 heteroatoms. The Morgan fingerprint density at radius 3 is 2.58 bits per heavy atom. The van der Waals surface area contributed by atoms with E-state index in [4.69, 9.17) is 14.5 Å². The molecule has 4 rings (SSSR count). The van der Waals surface area contributed by atoms with Crippen molar-refractivity contribution in [2.24, 2.45) is 0 Å². The maximum absolute atomic E-state index is 13.4. The molecule has 6 nitrogen and oxygen atoms in total. The fourth-order valence-corrected chi connectivity index (χ4v) is 4.44. The Labute approximate surface area is 187 Å². The monoisotopic (exact) mass is 437 g/mol. The second kappa shape index (κ2) is 10.5. The Kier molecular flexibility index (Phi) is 7.30. The molecule has 1 aliphatic heterocycles. The van der Waals surface area contributed by atoms with Crippen molar-refractivity contribution < 1.29 is 14.3 Å². The van der Waals surface area contributed by atoms with E-state index in [1.54, 1.807) is 12.0 Å². The summed E-state index contributed by atoms with van der Waals surface area (Å²) in [4.78, 5) is 22.4. The number of carbonyl (C=O) groups excluding carboxylic acids is 1. The van der Waals surface area contributed by atoms with E-state index in [1.807, 2.05) is 60.0 Å². The zero-order valence-corrected chi connectivity index (χ0v) is 18.5. The standard InChI is InChI=1S/C24H27N3O3S/c1-29-21-10-8-20(9-11-21)23(28)27(13-5-12-26-14-16-30-17-15-26)24-25-22(18-31-24)19-6-3-2-4-7-19/h2-4,6-11,18H,5,12-17H2,1H3. The minimum absolute atomic E-state index is 0.0430. The van der Waals surface area contributed by atoms with Crippen molar-refractivity contribution >= 4 is 22.4 Å². The van der Waals surface area contributed by atoms with E-state index in [-0.39, 0.29) is 5.91 Å². The van der Waals surface area contributed by atoms with Crippen LogP contribution in [0.25, 0.3) is 11.3 Å². The van der Waals surface area contributed by atoms with Crippen LogP contribution in [0.3, 0.4) is 0 Å². The third-order valence-corrected chi connectivity index (χ3v) is 6.20. The first-order chi connectivity index (χ1) is 15.2. The summed E-state index contributed by atoms with van der Waals surface area (Å²) >= 11 is 1.50. The van der Waals surface area contributed by atoms with E-state index in [2.05, 4.69) is 4.90 Å². The molecule has 1 amide bonds. The van der Waals surface area contributed by atoms with Crippen molar-refractivity contribution in [2.45, 2.75) is 6.42 Å². The third-order valence-electron chi connectivity index (χ3n) is 5.33. The van der Waals surface area contributed by atoms with Gasteiger partial charge >= 0.3 is 0 Å². The Morgan fingerprint density at radius 1 is 1.13 bits per heavy atom. The first-order valence-corrected chi connectivity index (χ1v) is 11.4. The van der Waals surface area contributed by atoms with Gasteiger partial charge in [0.25, 0.3) is 5.91 Å². The summed E-state index contributed by atoms with van der Waals surface area (Å²) in [7, 11) is 1.62. The van der Waals surface area contributed by atoms with Gasteiger partial charge in [0.2, 0.25) is 0 Å². The molecule has 0 N–H and O–H groups in total. The number of methoxy groups -OCH3 is 1.